The van der Waals surface area contributed by atoms with Crippen LogP contribution in [0, 0.1) is 0 Å². The van der Waals surface area contributed by atoms with Gasteiger partial charge in [-0.1, -0.05) is 40.9 Å². The second-order valence-corrected chi connectivity index (χ2v) is 6.10. The highest BCUT2D eigenvalue weighted by atomic mass is 79.9. The van der Waals surface area contributed by atoms with E-state index in [1.165, 1.54) is 0 Å². The molecule has 0 aliphatic rings. The van der Waals surface area contributed by atoms with Crippen LogP contribution in [0.15, 0.2) is 24.3 Å². The minimum atomic E-state index is -0.513. The maximum absolute atomic E-state index is 11.9. The summed E-state index contributed by atoms with van der Waals surface area (Å²) < 4.78 is -0.513. The van der Waals surface area contributed by atoms with Crippen LogP contribution in [0.4, 0.5) is 5.69 Å². The Bertz CT molecular complexity index is 362. The lowest BCUT2D eigenvalue weighted by molar-refractivity contribution is -0.118. The normalized spacial score (nSPS) is 14.2. The Morgan fingerprint density at radius 3 is 2.50 bits per heavy atom. The van der Waals surface area contributed by atoms with Crippen LogP contribution in [0.2, 0.25) is 5.02 Å². The van der Waals surface area contributed by atoms with Crippen LogP contribution in [0.1, 0.15) is 26.7 Å². The van der Waals surface area contributed by atoms with Crippen LogP contribution in [-0.4, -0.2) is 10.2 Å². The van der Waals surface area contributed by atoms with Gasteiger partial charge in [0.1, 0.15) is 4.32 Å². The second-order valence-electron chi connectivity index (χ2n) is 3.91. The van der Waals surface area contributed by atoms with Crippen LogP contribution < -0.4 is 5.32 Å². The Labute approximate surface area is 110 Å². The first-order valence-electron chi connectivity index (χ1n) is 5.21. The Morgan fingerprint density at radius 2 is 2.00 bits per heavy atom. The zero-order valence-electron chi connectivity index (χ0n) is 9.39. The number of amides is 1. The largest absolute Gasteiger partial charge is 0.325 e. The fraction of sp³-hybridized carbons (Fsp3) is 0.417. The molecule has 1 atom stereocenters. The molecule has 1 amide bonds. The summed E-state index contributed by atoms with van der Waals surface area (Å²) in [6.45, 7) is 3.93. The molecular formula is C12H15BrClNO. The van der Waals surface area contributed by atoms with Crippen molar-refractivity contribution in [2.45, 2.75) is 31.0 Å². The molecule has 4 heteroatoms. The molecule has 0 saturated heterocycles. The van der Waals surface area contributed by atoms with E-state index in [0.29, 0.717) is 5.02 Å². The van der Waals surface area contributed by atoms with Crippen molar-refractivity contribution >= 4 is 39.1 Å². The molecule has 2 nitrogen and oxygen atoms in total. The first kappa shape index (κ1) is 13.5. The summed E-state index contributed by atoms with van der Waals surface area (Å²) in [5, 5.41) is 3.51. The molecule has 0 radical (unpaired) electrons. The third-order valence-electron chi connectivity index (χ3n) is 2.30. The summed E-state index contributed by atoms with van der Waals surface area (Å²) in [5.41, 5.74) is 0.760. The van der Waals surface area contributed by atoms with E-state index in [9.17, 15) is 4.79 Å². The summed E-state index contributed by atoms with van der Waals surface area (Å²) in [4.78, 5) is 11.9. The molecule has 88 valence electrons. The van der Waals surface area contributed by atoms with E-state index in [1.54, 1.807) is 24.3 Å². The number of carbonyl (C=O) groups is 1. The van der Waals surface area contributed by atoms with Crippen molar-refractivity contribution in [1.82, 2.24) is 0 Å². The van der Waals surface area contributed by atoms with Gasteiger partial charge in [-0.3, -0.25) is 4.79 Å². The number of hydrogen-bond acceptors (Lipinski definition) is 1. The molecule has 0 aliphatic heterocycles. The number of halogens is 2. The van der Waals surface area contributed by atoms with Crippen molar-refractivity contribution in [3.63, 3.8) is 0 Å². The minimum Gasteiger partial charge on any atom is -0.325 e. The van der Waals surface area contributed by atoms with Gasteiger partial charge in [0.25, 0.3) is 0 Å². The Hall–Kier alpha value is -0.540. The van der Waals surface area contributed by atoms with Crippen LogP contribution in [0.3, 0.4) is 0 Å². The molecule has 0 aromatic heterocycles. The molecule has 1 N–H and O–H groups in total. The molecule has 1 aromatic carbocycles. The molecule has 0 bridgehead atoms. The van der Waals surface area contributed by atoms with E-state index >= 15 is 0 Å². The number of nitrogens with one attached hydrogen (secondary N) is 1. The van der Waals surface area contributed by atoms with Crippen molar-refractivity contribution in [1.29, 1.82) is 0 Å². The monoisotopic (exact) mass is 303 g/mol. The van der Waals surface area contributed by atoms with Crippen LogP contribution >= 0.6 is 27.5 Å². The average Bonchev–Trinajstić information content (AvgIpc) is 2.21. The third kappa shape index (κ3) is 3.80. The highest BCUT2D eigenvalue weighted by Crippen LogP contribution is 2.25. The van der Waals surface area contributed by atoms with Gasteiger partial charge in [0, 0.05) is 10.7 Å². The summed E-state index contributed by atoms with van der Waals surface area (Å²) in [7, 11) is 0. The lowest BCUT2D eigenvalue weighted by atomic mass is 10.1. The molecule has 0 aliphatic carbocycles. The number of carbonyl (C=O) groups excluding carboxylic acids is 1. The fourth-order valence-corrected chi connectivity index (χ4v) is 2.00. The van der Waals surface area contributed by atoms with E-state index in [2.05, 4.69) is 28.2 Å². The predicted molar refractivity (Wildman–Crippen MR) is 72.3 cm³/mol. The summed E-state index contributed by atoms with van der Waals surface area (Å²) >= 11 is 9.21. The Morgan fingerprint density at radius 1 is 1.44 bits per heavy atom. The zero-order chi connectivity index (χ0) is 12.2. The summed E-state index contributed by atoms with van der Waals surface area (Å²) in [6.07, 6.45) is 1.75. The lowest BCUT2D eigenvalue weighted by Gasteiger charge is -2.20. The molecule has 1 unspecified atom stereocenters. The van der Waals surface area contributed by atoms with E-state index in [-0.39, 0.29) is 5.91 Å². The third-order valence-corrected chi connectivity index (χ3v) is 3.30. The van der Waals surface area contributed by atoms with Gasteiger partial charge in [0.05, 0.1) is 0 Å². The van der Waals surface area contributed by atoms with Gasteiger partial charge in [-0.2, -0.15) is 0 Å². The van der Waals surface area contributed by atoms with Gasteiger partial charge in [-0.15, -0.1) is 0 Å². The lowest BCUT2D eigenvalue weighted by Crippen LogP contribution is -2.34. The van der Waals surface area contributed by atoms with Crippen molar-refractivity contribution in [3.05, 3.63) is 29.3 Å². The standard InChI is InChI=1S/C12H15BrClNO/c1-3-8-12(2,13)11(16)15-10-6-4-9(14)5-7-10/h4-7H,3,8H2,1-2H3,(H,15,16). The average molecular weight is 305 g/mol. The van der Waals surface area contributed by atoms with E-state index in [1.807, 2.05) is 6.92 Å². The maximum Gasteiger partial charge on any atom is 0.240 e. The van der Waals surface area contributed by atoms with Gasteiger partial charge in [-0.25, -0.2) is 0 Å². The topological polar surface area (TPSA) is 29.1 Å². The highest BCUT2D eigenvalue weighted by Gasteiger charge is 2.28. The minimum absolute atomic E-state index is 0.0309. The number of anilines is 1. The SMILES string of the molecule is CCCC(C)(Br)C(=O)Nc1ccc(Cl)cc1. The van der Waals surface area contributed by atoms with Crippen molar-refractivity contribution in [2.24, 2.45) is 0 Å². The maximum atomic E-state index is 11.9. The highest BCUT2D eigenvalue weighted by molar-refractivity contribution is 9.10. The van der Waals surface area contributed by atoms with Crippen molar-refractivity contribution in [3.8, 4) is 0 Å². The molecule has 1 rings (SSSR count). The van der Waals surface area contributed by atoms with Crippen LogP contribution in [-0.2, 0) is 4.79 Å². The molecular weight excluding hydrogens is 289 g/mol. The molecule has 0 fully saturated rings. The zero-order valence-corrected chi connectivity index (χ0v) is 11.7. The first-order chi connectivity index (χ1) is 7.45. The predicted octanol–water partition coefficient (Wildman–Crippen LogP) is 4.23. The van der Waals surface area contributed by atoms with Gasteiger partial charge in [-0.05, 0) is 37.6 Å². The fourth-order valence-electron chi connectivity index (χ4n) is 1.38. The van der Waals surface area contributed by atoms with Gasteiger partial charge >= 0.3 is 0 Å². The van der Waals surface area contributed by atoms with Gasteiger partial charge in [0.15, 0.2) is 0 Å². The van der Waals surface area contributed by atoms with Crippen LogP contribution in [0.5, 0.6) is 0 Å². The summed E-state index contributed by atoms with van der Waals surface area (Å²) in [6, 6.07) is 7.08. The van der Waals surface area contributed by atoms with Crippen molar-refractivity contribution < 1.29 is 4.79 Å². The molecule has 1 aromatic rings. The van der Waals surface area contributed by atoms with Crippen LogP contribution in [0.25, 0.3) is 0 Å². The second kappa shape index (κ2) is 5.69. The Kier molecular flexibility index (Phi) is 4.81. The number of hydrogen-bond donors (Lipinski definition) is 1. The number of benzene rings is 1. The molecule has 0 spiro atoms. The molecule has 0 heterocycles. The van der Waals surface area contributed by atoms with Gasteiger partial charge in [0.2, 0.25) is 5.91 Å². The van der Waals surface area contributed by atoms with E-state index in [4.69, 9.17) is 11.6 Å². The quantitative estimate of drug-likeness (QED) is 0.829. The van der Waals surface area contributed by atoms with Gasteiger partial charge < -0.3 is 5.32 Å². The first-order valence-corrected chi connectivity index (χ1v) is 6.39. The molecule has 0 saturated carbocycles. The van der Waals surface area contributed by atoms with E-state index < -0.39 is 4.32 Å². The Balaban J connectivity index is 2.67. The number of alkyl halides is 1. The number of rotatable bonds is 4. The van der Waals surface area contributed by atoms with E-state index in [0.717, 1.165) is 18.5 Å². The van der Waals surface area contributed by atoms with Crippen molar-refractivity contribution in [2.75, 3.05) is 5.32 Å². The molecule has 16 heavy (non-hydrogen) atoms. The summed E-state index contributed by atoms with van der Waals surface area (Å²) in [5.74, 6) is -0.0309. The smallest absolute Gasteiger partial charge is 0.240 e.